The molecule has 3 heterocycles. The van der Waals surface area contributed by atoms with E-state index in [0.717, 1.165) is 11.3 Å². The van der Waals surface area contributed by atoms with E-state index in [2.05, 4.69) is 10.3 Å². The van der Waals surface area contributed by atoms with Gasteiger partial charge in [-0.15, -0.1) is 0 Å². The molecular formula is C26H28Cl2N4O4. The molecule has 0 bridgehead atoms. The number of aromatic nitrogens is 2. The Hall–Kier alpha value is -3.23. The molecule has 36 heavy (non-hydrogen) atoms. The molecule has 1 aliphatic rings. The fraction of sp³-hybridized carbons (Fsp3) is 0.346. The van der Waals surface area contributed by atoms with Crippen LogP contribution in [0.2, 0.25) is 10.0 Å². The van der Waals surface area contributed by atoms with E-state index >= 15 is 0 Å². The molecule has 4 rings (SSSR count). The second-order valence-corrected chi connectivity index (χ2v) is 9.94. The van der Waals surface area contributed by atoms with Gasteiger partial charge in [0.2, 0.25) is 0 Å². The Labute approximate surface area is 219 Å². The molecule has 1 fully saturated rings. The number of amides is 2. The van der Waals surface area contributed by atoms with Crippen LogP contribution in [0.1, 0.15) is 42.7 Å². The average Bonchev–Trinajstić information content (AvgIpc) is 3.33. The number of likely N-dealkylation sites (tertiary alicyclic amines) is 1. The van der Waals surface area contributed by atoms with Gasteiger partial charge in [0, 0.05) is 44.4 Å². The molecule has 10 heteroatoms. The summed E-state index contributed by atoms with van der Waals surface area (Å²) < 4.78 is 7.76. The highest BCUT2D eigenvalue weighted by atomic mass is 35.5. The summed E-state index contributed by atoms with van der Waals surface area (Å²) in [7, 11) is 0. The van der Waals surface area contributed by atoms with Crippen molar-refractivity contribution in [1.82, 2.24) is 19.8 Å². The lowest BCUT2D eigenvalue weighted by Gasteiger charge is -2.39. The minimum atomic E-state index is -0.877. The summed E-state index contributed by atoms with van der Waals surface area (Å²) in [5.41, 5.74) is 1.32. The Morgan fingerprint density at radius 1 is 1.22 bits per heavy atom. The fourth-order valence-corrected chi connectivity index (χ4v) is 4.90. The van der Waals surface area contributed by atoms with Gasteiger partial charge in [-0.2, -0.15) is 0 Å². The first kappa shape index (κ1) is 25.9. The molecule has 2 amide bonds. The van der Waals surface area contributed by atoms with E-state index in [9.17, 15) is 14.7 Å². The fourth-order valence-electron chi connectivity index (χ4n) is 4.43. The number of nitrogens with zero attached hydrogens (tertiary/aromatic N) is 3. The minimum absolute atomic E-state index is 0.0420. The first-order valence-electron chi connectivity index (χ1n) is 11.7. The lowest BCUT2D eigenvalue weighted by Crippen LogP contribution is -2.50. The van der Waals surface area contributed by atoms with E-state index in [1.165, 1.54) is 11.1 Å². The van der Waals surface area contributed by atoms with Gasteiger partial charge >= 0.3 is 6.09 Å². The van der Waals surface area contributed by atoms with Gasteiger partial charge in [0.15, 0.2) is 5.82 Å². The van der Waals surface area contributed by atoms with Crippen LogP contribution in [0.3, 0.4) is 0 Å². The van der Waals surface area contributed by atoms with Gasteiger partial charge in [0.1, 0.15) is 17.5 Å². The maximum atomic E-state index is 12.8. The van der Waals surface area contributed by atoms with Crippen molar-refractivity contribution in [3.05, 3.63) is 76.2 Å². The second kappa shape index (κ2) is 11.2. The van der Waals surface area contributed by atoms with Crippen LogP contribution < -0.4 is 10.1 Å². The van der Waals surface area contributed by atoms with Gasteiger partial charge in [-0.1, -0.05) is 49.2 Å². The normalized spacial score (nSPS) is 17.8. The topological polar surface area (TPSA) is 96.7 Å². The minimum Gasteiger partial charge on any atom is -0.490 e. The highest BCUT2D eigenvalue weighted by Gasteiger charge is 2.34. The van der Waals surface area contributed by atoms with Crippen molar-refractivity contribution in [2.75, 3.05) is 6.54 Å². The zero-order valence-electron chi connectivity index (χ0n) is 20.0. The van der Waals surface area contributed by atoms with E-state index in [0.29, 0.717) is 47.5 Å². The maximum Gasteiger partial charge on any atom is 0.407 e. The predicted molar refractivity (Wildman–Crippen MR) is 138 cm³/mol. The number of hydrogen-bond acceptors (Lipinski definition) is 4. The van der Waals surface area contributed by atoms with Crippen molar-refractivity contribution in [1.29, 1.82) is 0 Å². The number of halogens is 2. The number of piperidine rings is 1. The molecule has 0 aliphatic carbocycles. The van der Waals surface area contributed by atoms with Crippen LogP contribution in [0.4, 0.5) is 4.79 Å². The van der Waals surface area contributed by atoms with Gasteiger partial charge in [0.05, 0.1) is 10.0 Å². The summed E-state index contributed by atoms with van der Waals surface area (Å²) in [5, 5.41) is 13.1. The average molecular weight is 531 g/mol. The lowest BCUT2D eigenvalue weighted by atomic mass is 9.91. The molecule has 1 aliphatic heterocycles. The van der Waals surface area contributed by atoms with E-state index in [-0.39, 0.29) is 24.0 Å². The Balaban J connectivity index is 1.34. The summed E-state index contributed by atoms with van der Waals surface area (Å²) in [6.45, 7) is 4.86. The monoisotopic (exact) mass is 530 g/mol. The van der Waals surface area contributed by atoms with Gasteiger partial charge in [0.25, 0.3) is 5.91 Å². The predicted octanol–water partition coefficient (Wildman–Crippen LogP) is 5.65. The van der Waals surface area contributed by atoms with Crippen molar-refractivity contribution in [2.24, 2.45) is 5.92 Å². The van der Waals surface area contributed by atoms with Crippen LogP contribution in [-0.2, 0) is 6.54 Å². The third kappa shape index (κ3) is 5.94. The Kier molecular flexibility index (Phi) is 8.06. The number of benzene rings is 1. The molecule has 0 saturated carbocycles. The molecule has 0 radical (unpaired) electrons. The summed E-state index contributed by atoms with van der Waals surface area (Å²) in [4.78, 5) is 30.1. The zero-order chi connectivity index (χ0) is 25.8. The first-order valence-corrected chi connectivity index (χ1v) is 12.5. The molecule has 2 aromatic heterocycles. The van der Waals surface area contributed by atoms with Gasteiger partial charge < -0.3 is 20.1 Å². The molecule has 190 valence electrons. The highest BCUT2D eigenvalue weighted by molar-refractivity contribution is 6.35. The lowest BCUT2D eigenvalue weighted by molar-refractivity contribution is 0.0381. The van der Waals surface area contributed by atoms with E-state index in [1.807, 2.05) is 38.1 Å². The van der Waals surface area contributed by atoms with Crippen LogP contribution in [0.15, 0.2) is 54.9 Å². The second-order valence-electron chi connectivity index (χ2n) is 9.10. The summed E-state index contributed by atoms with van der Waals surface area (Å²) in [6, 6.07) is 12.5. The van der Waals surface area contributed by atoms with Crippen LogP contribution in [-0.4, -0.2) is 50.2 Å². The van der Waals surface area contributed by atoms with Crippen molar-refractivity contribution in [3.63, 3.8) is 0 Å². The Morgan fingerprint density at radius 3 is 2.64 bits per heavy atom. The summed E-state index contributed by atoms with van der Waals surface area (Å²) in [6.07, 6.45) is 3.59. The maximum absolute atomic E-state index is 12.8. The number of ether oxygens (including phenoxy) is 1. The molecular weight excluding hydrogens is 503 g/mol. The van der Waals surface area contributed by atoms with Crippen LogP contribution in [0.5, 0.6) is 5.75 Å². The molecule has 8 nitrogen and oxygen atoms in total. The smallest absolute Gasteiger partial charge is 0.407 e. The third-order valence-electron chi connectivity index (χ3n) is 6.29. The summed E-state index contributed by atoms with van der Waals surface area (Å²) in [5.74, 6) is 1.09. The van der Waals surface area contributed by atoms with Gasteiger partial charge in [-0.25, -0.2) is 9.78 Å². The Bertz CT molecular complexity index is 1230. The Morgan fingerprint density at radius 2 is 1.97 bits per heavy atom. The van der Waals surface area contributed by atoms with Gasteiger partial charge in [-0.3, -0.25) is 9.36 Å². The molecule has 1 aromatic carbocycles. The van der Waals surface area contributed by atoms with Crippen LogP contribution in [0.25, 0.3) is 5.82 Å². The van der Waals surface area contributed by atoms with E-state index in [1.54, 1.807) is 29.0 Å². The van der Waals surface area contributed by atoms with Crippen molar-refractivity contribution in [2.45, 2.75) is 45.4 Å². The molecule has 2 atom stereocenters. The van der Waals surface area contributed by atoms with Crippen LogP contribution >= 0.6 is 23.2 Å². The SMILES string of the molecule is CC(C)C1CC(Oc2ccc(CNC(=O)c3cccn3-c3ncc(Cl)cc3Cl)cc2)CCN1C(=O)O. The number of carboxylic acid groups (broad SMARTS) is 1. The van der Waals surface area contributed by atoms with E-state index < -0.39 is 6.09 Å². The highest BCUT2D eigenvalue weighted by Crippen LogP contribution is 2.27. The number of carbonyl (C=O) groups is 2. The number of pyridine rings is 1. The molecule has 1 saturated heterocycles. The van der Waals surface area contributed by atoms with Crippen molar-refractivity contribution in [3.8, 4) is 11.6 Å². The van der Waals surface area contributed by atoms with Crippen molar-refractivity contribution >= 4 is 35.2 Å². The number of carbonyl (C=O) groups excluding carboxylic acids is 1. The first-order chi connectivity index (χ1) is 17.2. The standard InChI is InChI=1S/C26H28Cl2N4O4/c1-16(2)23-13-20(9-11-32(23)26(34)35)36-19-7-5-17(6-8-19)14-30-25(33)22-4-3-10-31(22)24-21(28)12-18(27)15-29-24/h3-8,10,12,15-16,20,23H,9,11,13-14H2,1-2H3,(H,30,33)(H,34,35). The molecule has 2 unspecified atom stereocenters. The van der Waals surface area contributed by atoms with E-state index in [4.69, 9.17) is 27.9 Å². The zero-order valence-corrected chi connectivity index (χ0v) is 21.5. The number of rotatable bonds is 7. The third-order valence-corrected chi connectivity index (χ3v) is 6.77. The number of hydrogen-bond donors (Lipinski definition) is 2. The van der Waals surface area contributed by atoms with Crippen LogP contribution in [0, 0.1) is 5.92 Å². The quantitative estimate of drug-likeness (QED) is 0.411. The largest absolute Gasteiger partial charge is 0.490 e. The molecule has 3 aromatic rings. The van der Waals surface area contributed by atoms with Gasteiger partial charge in [-0.05, 0) is 41.8 Å². The number of nitrogens with one attached hydrogen (secondary N) is 1. The summed E-state index contributed by atoms with van der Waals surface area (Å²) >= 11 is 12.2. The molecule has 2 N–H and O–H groups in total. The molecule has 0 spiro atoms. The van der Waals surface area contributed by atoms with Crippen molar-refractivity contribution < 1.29 is 19.4 Å².